The fourth-order valence-electron chi connectivity index (χ4n) is 2.08. The van der Waals surface area contributed by atoms with Crippen molar-refractivity contribution in [1.82, 2.24) is 10.3 Å². The molecule has 5 heteroatoms. The molecule has 0 bridgehead atoms. The molecule has 5 nitrogen and oxygen atoms in total. The van der Waals surface area contributed by atoms with Crippen LogP contribution in [0.2, 0.25) is 0 Å². The summed E-state index contributed by atoms with van der Waals surface area (Å²) in [7, 11) is 0. The Bertz CT molecular complexity index is 641. The lowest BCUT2D eigenvalue weighted by atomic mass is 9.97. The predicted molar refractivity (Wildman–Crippen MR) is 89.3 cm³/mol. The zero-order chi connectivity index (χ0) is 16.2. The molecule has 0 unspecified atom stereocenters. The molecule has 0 aliphatic carbocycles. The van der Waals surface area contributed by atoms with Gasteiger partial charge in [0, 0.05) is 17.6 Å². The summed E-state index contributed by atoms with van der Waals surface area (Å²) in [4.78, 5) is 16.3. The zero-order valence-electron chi connectivity index (χ0n) is 13.8. The first-order chi connectivity index (χ1) is 10.4. The number of unbranched alkanes of at least 4 members (excludes halogenated alkanes) is 2. The molecule has 0 atom stereocenters. The summed E-state index contributed by atoms with van der Waals surface area (Å²) in [6.07, 6.45) is 3.27. The highest BCUT2D eigenvalue weighted by molar-refractivity contribution is 5.91. The number of aromatic nitrogens is 1. The maximum absolute atomic E-state index is 11.8. The van der Waals surface area contributed by atoms with Crippen molar-refractivity contribution in [2.45, 2.75) is 52.4 Å². The lowest BCUT2D eigenvalue weighted by Crippen LogP contribution is -2.29. The van der Waals surface area contributed by atoms with E-state index in [0.717, 1.165) is 30.4 Å². The quantitative estimate of drug-likeness (QED) is 0.803. The van der Waals surface area contributed by atoms with Gasteiger partial charge in [-0.25, -0.2) is 9.78 Å². The van der Waals surface area contributed by atoms with Crippen LogP contribution in [0.5, 0.6) is 0 Å². The minimum absolute atomic E-state index is 0.136. The van der Waals surface area contributed by atoms with Gasteiger partial charge in [-0.05, 0) is 24.6 Å². The van der Waals surface area contributed by atoms with Crippen LogP contribution in [0.1, 0.15) is 52.8 Å². The van der Waals surface area contributed by atoms with Gasteiger partial charge in [0.2, 0.25) is 5.89 Å². The lowest BCUT2D eigenvalue weighted by Gasteiger charge is -2.11. The number of nitrogens with zero attached hydrogens (tertiary/aromatic N) is 1. The first-order valence-electron chi connectivity index (χ1n) is 7.86. The fourth-order valence-corrected chi connectivity index (χ4v) is 2.08. The average Bonchev–Trinajstić information content (AvgIpc) is 2.87. The minimum Gasteiger partial charge on any atom is -0.440 e. The molecule has 2 aromatic rings. The van der Waals surface area contributed by atoms with Crippen LogP contribution < -0.4 is 10.6 Å². The summed E-state index contributed by atoms with van der Waals surface area (Å²) >= 11 is 0. The first-order valence-corrected chi connectivity index (χ1v) is 7.86. The van der Waals surface area contributed by atoms with Crippen molar-refractivity contribution < 1.29 is 9.21 Å². The third-order valence-corrected chi connectivity index (χ3v) is 3.35. The molecule has 120 valence electrons. The number of anilines is 1. The molecule has 1 aromatic heterocycles. The predicted octanol–water partition coefficient (Wildman–Crippen LogP) is 4.44. The van der Waals surface area contributed by atoms with E-state index in [2.05, 4.69) is 43.3 Å². The van der Waals surface area contributed by atoms with Gasteiger partial charge in [0.1, 0.15) is 5.52 Å². The Morgan fingerprint density at radius 1 is 1.27 bits per heavy atom. The van der Waals surface area contributed by atoms with Crippen molar-refractivity contribution in [1.29, 1.82) is 0 Å². The summed E-state index contributed by atoms with van der Waals surface area (Å²) in [6, 6.07) is 5.31. The summed E-state index contributed by atoms with van der Waals surface area (Å²) in [5.74, 6) is 0.698. The summed E-state index contributed by atoms with van der Waals surface area (Å²) in [6.45, 7) is 9.00. The molecular formula is C17H25N3O2. The first kappa shape index (κ1) is 16.3. The number of urea groups is 1. The number of carbonyl (C=O) groups is 1. The molecule has 2 rings (SSSR count). The average molecular weight is 303 g/mol. The maximum Gasteiger partial charge on any atom is 0.319 e. The van der Waals surface area contributed by atoms with Crippen molar-refractivity contribution in [2.24, 2.45) is 0 Å². The number of benzene rings is 1. The van der Waals surface area contributed by atoms with Crippen molar-refractivity contribution in [3.8, 4) is 0 Å². The molecule has 22 heavy (non-hydrogen) atoms. The summed E-state index contributed by atoms with van der Waals surface area (Å²) < 4.78 is 5.74. The van der Waals surface area contributed by atoms with Crippen LogP contribution in [0.4, 0.5) is 10.5 Å². The van der Waals surface area contributed by atoms with E-state index in [9.17, 15) is 4.79 Å². The molecule has 1 aromatic carbocycles. The fraction of sp³-hybridized carbons (Fsp3) is 0.529. The van der Waals surface area contributed by atoms with Gasteiger partial charge in [0.05, 0.1) is 0 Å². The Morgan fingerprint density at radius 2 is 2.05 bits per heavy atom. The third kappa shape index (κ3) is 4.23. The topological polar surface area (TPSA) is 67.2 Å². The highest BCUT2D eigenvalue weighted by Gasteiger charge is 2.21. The minimum atomic E-state index is -0.185. The number of carbonyl (C=O) groups excluding carboxylic acids is 1. The molecule has 0 aliphatic rings. The maximum atomic E-state index is 11.8. The molecule has 2 amide bonds. The molecule has 0 spiro atoms. The van der Waals surface area contributed by atoms with E-state index in [1.165, 1.54) is 0 Å². The van der Waals surface area contributed by atoms with Crippen LogP contribution in [-0.2, 0) is 5.41 Å². The van der Waals surface area contributed by atoms with E-state index in [4.69, 9.17) is 4.42 Å². The van der Waals surface area contributed by atoms with E-state index >= 15 is 0 Å². The van der Waals surface area contributed by atoms with Crippen molar-refractivity contribution >= 4 is 22.8 Å². The van der Waals surface area contributed by atoms with Crippen LogP contribution in [0.25, 0.3) is 11.1 Å². The monoisotopic (exact) mass is 303 g/mol. The van der Waals surface area contributed by atoms with Crippen LogP contribution in [0, 0.1) is 0 Å². The Balaban J connectivity index is 2.02. The van der Waals surface area contributed by atoms with Gasteiger partial charge in [-0.2, -0.15) is 0 Å². The highest BCUT2D eigenvalue weighted by atomic mass is 16.3. The normalized spacial score (nSPS) is 11.6. The van der Waals surface area contributed by atoms with E-state index in [1.807, 2.05) is 18.2 Å². The Morgan fingerprint density at radius 3 is 2.73 bits per heavy atom. The second kappa shape index (κ2) is 6.81. The van der Waals surface area contributed by atoms with Gasteiger partial charge in [-0.15, -0.1) is 0 Å². The largest absolute Gasteiger partial charge is 0.440 e. The van der Waals surface area contributed by atoms with Gasteiger partial charge in [0.25, 0.3) is 0 Å². The van der Waals surface area contributed by atoms with Gasteiger partial charge in [0.15, 0.2) is 5.58 Å². The molecule has 2 N–H and O–H groups in total. The highest BCUT2D eigenvalue weighted by Crippen LogP contribution is 2.27. The smallest absolute Gasteiger partial charge is 0.319 e. The van der Waals surface area contributed by atoms with Crippen molar-refractivity contribution in [3.05, 3.63) is 24.1 Å². The summed E-state index contributed by atoms with van der Waals surface area (Å²) in [5.41, 5.74) is 2.07. The van der Waals surface area contributed by atoms with Crippen LogP contribution >= 0.6 is 0 Å². The second-order valence-electron chi connectivity index (χ2n) is 6.54. The van der Waals surface area contributed by atoms with Crippen LogP contribution in [0.3, 0.4) is 0 Å². The van der Waals surface area contributed by atoms with Crippen LogP contribution in [0.15, 0.2) is 22.6 Å². The van der Waals surface area contributed by atoms with Gasteiger partial charge in [-0.3, -0.25) is 0 Å². The molecule has 0 aliphatic heterocycles. The number of amides is 2. The number of hydrogen-bond acceptors (Lipinski definition) is 3. The Kier molecular flexibility index (Phi) is 5.06. The van der Waals surface area contributed by atoms with E-state index in [0.29, 0.717) is 18.1 Å². The number of rotatable bonds is 5. The lowest BCUT2D eigenvalue weighted by molar-refractivity contribution is 0.252. The van der Waals surface area contributed by atoms with Crippen LogP contribution in [-0.4, -0.2) is 17.6 Å². The molecule has 0 saturated carbocycles. The SMILES string of the molecule is CCCCCNC(=O)Nc1ccc2oc(C(C)(C)C)nc2c1. The third-order valence-electron chi connectivity index (χ3n) is 3.35. The van der Waals surface area contributed by atoms with E-state index < -0.39 is 0 Å². The molecule has 1 heterocycles. The van der Waals surface area contributed by atoms with Gasteiger partial charge < -0.3 is 15.1 Å². The Hall–Kier alpha value is -2.04. The summed E-state index contributed by atoms with van der Waals surface area (Å²) in [5, 5.41) is 5.68. The number of hydrogen-bond donors (Lipinski definition) is 2. The number of oxazole rings is 1. The molecule has 0 fully saturated rings. The van der Waals surface area contributed by atoms with Gasteiger partial charge in [-0.1, -0.05) is 40.5 Å². The van der Waals surface area contributed by atoms with E-state index in [1.54, 1.807) is 0 Å². The molecular weight excluding hydrogens is 278 g/mol. The number of nitrogens with one attached hydrogen (secondary N) is 2. The molecule has 0 saturated heterocycles. The van der Waals surface area contributed by atoms with Crippen molar-refractivity contribution in [2.75, 3.05) is 11.9 Å². The second-order valence-corrected chi connectivity index (χ2v) is 6.54. The zero-order valence-corrected chi connectivity index (χ0v) is 13.8. The Labute approximate surface area is 131 Å². The molecule has 0 radical (unpaired) electrons. The van der Waals surface area contributed by atoms with E-state index in [-0.39, 0.29) is 11.4 Å². The van der Waals surface area contributed by atoms with Crippen molar-refractivity contribution in [3.63, 3.8) is 0 Å². The van der Waals surface area contributed by atoms with Gasteiger partial charge >= 0.3 is 6.03 Å². The standard InChI is InChI=1S/C17H25N3O2/c1-5-6-7-10-18-16(21)19-12-8-9-14-13(11-12)20-15(22-14)17(2,3)4/h8-9,11H,5-7,10H2,1-4H3,(H2,18,19,21). The number of fused-ring (bicyclic) bond motifs is 1.